The first-order valence-electron chi connectivity index (χ1n) is 9.13. The lowest BCUT2D eigenvalue weighted by Gasteiger charge is -2.10. The molecule has 0 fully saturated rings. The normalized spacial score (nSPS) is 11.4. The highest BCUT2D eigenvalue weighted by atomic mass is 32.2. The summed E-state index contributed by atoms with van der Waals surface area (Å²) >= 11 is 1.45. The maximum Gasteiger partial charge on any atom is 0.335 e. The summed E-state index contributed by atoms with van der Waals surface area (Å²) in [5.41, 5.74) is 0.643. The SMILES string of the molecule is CCSc1ccc2nc(CC)c(S(=O)(=O)NC(=O)Nc3nc(OC)cc(OC)n3)n2n1. The Labute approximate surface area is 182 Å². The van der Waals surface area contributed by atoms with Crippen LogP contribution in [-0.2, 0) is 16.4 Å². The average Bonchev–Trinajstić information content (AvgIpc) is 3.12. The first-order chi connectivity index (χ1) is 14.8. The molecule has 3 aromatic heterocycles. The number of nitrogens with zero attached hydrogens (tertiary/aromatic N) is 5. The Morgan fingerprint density at radius 3 is 2.39 bits per heavy atom. The molecule has 3 rings (SSSR count). The fourth-order valence-electron chi connectivity index (χ4n) is 2.63. The van der Waals surface area contributed by atoms with Gasteiger partial charge in [0, 0.05) is 0 Å². The van der Waals surface area contributed by atoms with Gasteiger partial charge in [-0.25, -0.2) is 14.5 Å². The number of hydrogen-bond donors (Lipinski definition) is 2. The lowest BCUT2D eigenvalue weighted by Crippen LogP contribution is -2.36. The first kappa shape index (κ1) is 22.6. The quantitative estimate of drug-likeness (QED) is 0.469. The number of sulfonamides is 1. The van der Waals surface area contributed by atoms with Gasteiger partial charge in [-0.2, -0.15) is 28.0 Å². The van der Waals surface area contributed by atoms with Crippen LogP contribution >= 0.6 is 11.8 Å². The molecule has 2 N–H and O–H groups in total. The van der Waals surface area contributed by atoms with E-state index in [1.165, 1.54) is 36.6 Å². The number of anilines is 1. The Kier molecular flexibility index (Phi) is 6.80. The number of amides is 2. The zero-order chi connectivity index (χ0) is 22.6. The number of ether oxygens (including phenoxy) is 2. The minimum atomic E-state index is -4.32. The molecule has 3 heterocycles. The fraction of sp³-hybridized carbons (Fsp3) is 0.353. The van der Waals surface area contributed by atoms with E-state index in [1.54, 1.807) is 19.1 Å². The molecule has 0 saturated heterocycles. The van der Waals surface area contributed by atoms with Crippen molar-refractivity contribution in [3.05, 3.63) is 23.9 Å². The molecule has 2 amide bonds. The van der Waals surface area contributed by atoms with Crippen molar-refractivity contribution >= 4 is 39.4 Å². The third kappa shape index (κ3) is 4.96. The van der Waals surface area contributed by atoms with Crippen molar-refractivity contribution in [1.29, 1.82) is 0 Å². The summed E-state index contributed by atoms with van der Waals surface area (Å²) in [6.45, 7) is 3.72. The van der Waals surface area contributed by atoms with Crippen molar-refractivity contribution in [2.45, 2.75) is 30.3 Å². The highest BCUT2D eigenvalue weighted by Crippen LogP contribution is 2.22. The molecule has 0 atom stereocenters. The van der Waals surface area contributed by atoms with Crippen LogP contribution in [0.1, 0.15) is 19.5 Å². The van der Waals surface area contributed by atoms with Crippen LogP contribution in [0.3, 0.4) is 0 Å². The number of carbonyl (C=O) groups is 1. The molecule has 14 heteroatoms. The molecule has 31 heavy (non-hydrogen) atoms. The van der Waals surface area contributed by atoms with Crippen LogP contribution < -0.4 is 19.5 Å². The maximum atomic E-state index is 13.0. The van der Waals surface area contributed by atoms with Gasteiger partial charge in [-0.3, -0.25) is 5.32 Å². The van der Waals surface area contributed by atoms with Gasteiger partial charge in [-0.1, -0.05) is 13.8 Å². The van der Waals surface area contributed by atoms with Gasteiger partial charge < -0.3 is 9.47 Å². The molecule has 0 radical (unpaired) electrons. The van der Waals surface area contributed by atoms with Crippen molar-refractivity contribution in [2.24, 2.45) is 0 Å². The van der Waals surface area contributed by atoms with Gasteiger partial charge in [-0.05, 0) is 24.3 Å². The predicted molar refractivity (Wildman–Crippen MR) is 113 cm³/mol. The molecule has 0 saturated carbocycles. The average molecular weight is 468 g/mol. The largest absolute Gasteiger partial charge is 0.481 e. The summed E-state index contributed by atoms with van der Waals surface area (Å²) in [4.78, 5) is 24.6. The number of hydrogen-bond acceptors (Lipinski definition) is 10. The molecule has 12 nitrogen and oxygen atoms in total. The lowest BCUT2D eigenvalue weighted by molar-refractivity contribution is 0.256. The van der Waals surface area contributed by atoms with Gasteiger partial charge in [0.2, 0.25) is 22.7 Å². The topological polar surface area (TPSA) is 150 Å². The van der Waals surface area contributed by atoms with Crippen molar-refractivity contribution in [3.8, 4) is 11.8 Å². The number of aryl methyl sites for hydroxylation is 1. The maximum absolute atomic E-state index is 13.0. The number of rotatable bonds is 8. The molecular formula is C17H21N7O5S2. The minimum absolute atomic E-state index is 0.130. The Morgan fingerprint density at radius 1 is 1.13 bits per heavy atom. The van der Waals surface area contributed by atoms with Crippen LogP contribution in [0.25, 0.3) is 5.65 Å². The lowest BCUT2D eigenvalue weighted by atomic mass is 10.4. The molecule has 0 bridgehead atoms. The van der Waals surface area contributed by atoms with Crippen LogP contribution in [0.15, 0.2) is 28.3 Å². The van der Waals surface area contributed by atoms with Crippen LogP contribution in [0.4, 0.5) is 10.7 Å². The summed E-state index contributed by atoms with van der Waals surface area (Å²) in [7, 11) is -1.56. The third-order valence-electron chi connectivity index (χ3n) is 3.91. The van der Waals surface area contributed by atoms with E-state index in [4.69, 9.17) is 9.47 Å². The summed E-state index contributed by atoms with van der Waals surface area (Å²) in [6, 6.07) is 3.79. The highest BCUT2D eigenvalue weighted by Gasteiger charge is 2.28. The number of nitrogens with one attached hydrogen (secondary N) is 2. The predicted octanol–water partition coefficient (Wildman–Crippen LogP) is 1.72. The molecule has 166 valence electrons. The molecule has 0 aliphatic carbocycles. The third-order valence-corrected chi connectivity index (χ3v) is 6.08. The van der Waals surface area contributed by atoms with Crippen molar-refractivity contribution in [1.82, 2.24) is 29.3 Å². The minimum Gasteiger partial charge on any atom is -0.481 e. The Balaban J connectivity index is 1.92. The van der Waals surface area contributed by atoms with Crippen molar-refractivity contribution in [2.75, 3.05) is 25.3 Å². The molecule has 0 unspecified atom stereocenters. The molecule has 0 aliphatic rings. The molecular weight excluding hydrogens is 446 g/mol. The molecule has 3 aromatic rings. The number of fused-ring (bicyclic) bond motifs is 1. The van der Waals surface area contributed by atoms with Gasteiger partial charge in [0.25, 0.3) is 10.0 Å². The second-order valence-electron chi connectivity index (χ2n) is 5.93. The summed E-state index contributed by atoms with van der Waals surface area (Å²) in [6.07, 6.45) is 0.327. The van der Waals surface area contributed by atoms with Gasteiger partial charge in [0.05, 0.1) is 26.0 Å². The molecule has 0 spiro atoms. The van der Waals surface area contributed by atoms with E-state index in [1.807, 2.05) is 11.6 Å². The smallest absolute Gasteiger partial charge is 0.335 e. The Bertz CT molecular complexity index is 1190. The second kappa shape index (κ2) is 9.34. The number of methoxy groups -OCH3 is 2. The Morgan fingerprint density at radius 2 is 1.81 bits per heavy atom. The monoisotopic (exact) mass is 467 g/mol. The van der Waals surface area contributed by atoms with Crippen LogP contribution in [0.5, 0.6) is 11.8 Å². The molecule has 0 aliphatic heterocycles. The molecule has 0 aromatic carbocycles. The zero-order valence-electron chi connectivity index (χ0n) is 17.2. The fourth-order valence-corrected chi connectivity index (χ4v) is 4.49. The van der Waals surface area contributed by atoms with E-state index in [2.05, 4.69) is 25.4 Å². The van der Waals surface area contributed by atoms with E-state index in [-0.39, 0.29) is 28.4 Å². The van der Waals surface area contributed by atoms with Crippen LogP contribution in [-0.4, -0.2) is 59.0 Å². The van der Waals surface area contributed by atoms with E-state index >= 15 is 0 Å². The number of urea groups is 1. The van der Waals surface area contributed by atoms with Crippen molar-refractivity contribution < 1.29 is 22.7 Å². The summed E-state index contributed by atoms with van der Waals surface area (Å²) in [5, 5.41) is 7.03. The van der Waals surface area contributed by atoms with E-state index < -0.39 is 16.1 Å². The van der Waals surface area contributed by atoms with Crippen LogP contribution in [0, 0.1) is 0 Å². The highest BCUT2D eigenvalue weighted by molar-refractivity contribution is 7.99. The summed E-state index contributed by atoms with van der Waals surface area (Å²) in [5.74, 6) is 0.827. The van der Waals surface area contributed by atoms with Gasteiger partial charge in [-0.15, -0.1) is 11.8 Å². The number of aromatic nitrogens is 5. The van der Waals surface area contributed by atoms with Gasteiger partial charge >= 0.3 is 6.03 Å². The van der Waals surface area contributed by atoms with Gasteiger partial charge in [0.1, 0.15) is 5.03 Å². The number of imidazole rings is 1. The second-order valence-corrected chi connectivity index (χ2v) is 8.81. The standard InChI is InChI=1S/C17H21N7O5S2/c1-5-10-15(24-11(18-10)7-8-14(22-24)30-6-2)31(26,27)23-17(25)21-16-19-12(28-3)9-13(20-16)29-4/h7-9H,5-6H2,1-4H3,(H2,19,20,21,23,25). The van der Waals surface area contributed by atoms with E-state index in [9.17, 15) is 13.2 Å². The first-order valence-corrected chi connectivity index (χ1v) is 11.6. The van der Waals surface area contributed by atoms with E-state index in [0.29, 0.717) is 17.1 Å². The Hall–Kier alpha value is -3.13. The number of carbonyl (C=O) groups excluding carboxylic acids is 1. The zero-order valence-corrected chi connectivity index (χ0v) is 18.9. The van der Waals surface area contributed by atoms with Crippen molar-refractivity contribution in [3.63, 3.8) is 0 Å². The van der Waals surface area contributed by atoms with E-state index in [0.717, 1.165) is 5.75 Å². The summed E-state index contributed by atoms with van der Waals surface area (Å²) < 4.78 is 39.3. The van der Waals surface area contributed by atoms with Crippen LogP contribution in [0.2, 0.25) is 0 Å². The number of thioether (sulfide) groups is 1. The van der Waals surface area contributed by atoms with Gasteiger partial charge in [0.15, 0.2) is 5.65 Å².